The zero-order valence-electron chi connectivity index (χ0n) is 11.4. The van der Waals surface area contributed by atoms with Crippen molar-refractivity contribution in [2.24, 2.45) is 0 Å². The molecule has 5 nitrogen and oxygen atoms in total. The van der Waals surface area contributed by atoms with E-state index in [1.165, 1.54) is 6.26 Å². The van der Waals surface area contributed by atoms with E-state index in [1.807, 2.05) is 0 Å². The molecule has 2 aromatic rings. The van der Waals surface area contributed by atoms with E-state index in [2.05, 4.69) is 0 Å². The van der Waals surface area contributed by atoms with Crippen LogP contribution in [-0.2, 0) is 14.6 Å². The van der Waals surface area contributed by atoms with Crippen LogP contribution in [0.3, 0.4) is 0 Å². The van der Waals surface area contributed by atoms with E-state index >= 15 is 0 Å². The number of para-hydroxylation sites is 1. The molecule has 1 atom stereocenters. The second-order valence-corrected chi connectivity index (χ2v) is 7.37. The fourth-order valence-corrected chi connectivity index (χ4v) is 4.09. The van der Waals surface area contributed by atoms with Gasteiger partial charge in [0.2, 0.25) is 0 Å². The number of Topliss-reactive ketones (excluding diaryl/α,β-unsaturated/α-hetero) is 1. The van der Waals surface area contributed by atoms with Crippen molar-refractivity contribution in [2.45, 2.75) is 18.9 Å². The largest absolute Gasteiger partial charge is 0.464 e. The molecule has 0 radical (unpaired) electrons. The first-order chi connectivity index (χ1) is 10.1. The Hall–Kier alpha value is -1.66. The first-order valence-electron chi connectivity index (χ1n) is 6.87. The molecule has 1 saturated heterocycles. The minimum absolute atomic E-state index is 0.0888. The Bertz CT molecular complexity index is 753. The predicted molar refractivity (Wildman–Crippen MR) is 78.2 cm³/mol. The molecule has 1 unspecified atom stereocenters. The Morgan fingerprint density at radius 3 is 2.86 bits per heavy atom. The summed E-state index contributed by atoms with van der Waals surface area (Å²) in [6, 6.07) is 7.08. The Kier molecular flexibility index (Phi) is 3.82. The van der Waals surface area contributed by atoms with Crippen LogP contribution in [-0.4, -0.2) is 38.4 Å². The molecular weight excluding hydrogens is 292 g/mol. The van der Waals surface area contributed by atoms with Crippen LogP contribution in [0.5, 0.6) is 0 Å². The fourth-order valence-electron chi connectivity index (χ4n) is 2.59. The van der Waals surface area contributed by atoms with Crippen LogP contribution in [0.4, 0.5) is 0 Å². The van der Waals surface area contributed by atoms with Crippen LogP contribution in [0.1, 0.15) is 23.2 Å². The smallest absolute Gasteiger partial charge is 0.181 e. The van der Waals surface area contributed by atoms with Crippen molar-refractivity contribution in [1.82, 2.24) is 0 Å². The van der Waals surface area contributed by atoms with E-state index in [0.29, 0.717) is 23.1 Å². The van der Waals surface area contributed by atoms with Crippen molar-refractivity contribution in [3.8, 4) is 0 Å². The number of carbonyl (C=O) groups excluding carboxylic acids is 1. The molecule has 1 fully saturated rings. The molecule has 6 heteroatoms. The van der Waals surface area contributed by atoms with Crippen molar-refractivity contribution in [1.29, 1.82) is 0 Å². The summed E-state index contributed by atoms with van der Waals surface area (Å²) in [6.07, 6.45) is 2.67. The van der Waals surface area contributed by atoms with E-state index in [9.17, 15) is 13.2 Å². The molecule has 0 N–H and O–H groups in total. The van der Waals surface area contributed by atoms with E-state index in [0.717, 1.165) is 12.8 Å². The van der Waals surface area contributed by atoms with Gasteiger partial charge in [0.1, 0.15) is 17.6 Å². The second kappa shape index (κ2) is 5.61. The SMILES string of the molecule is O=C(CS(=O)(=O)CC1CCCO1)c1coc2ccccc12. The van der Waals surface area contributed by atoms with Gasteiger partial charge < -0.3 is 9.15 Å². The molecule has 1 aromatic carbocycles. The van der Waals surface area contributed by atoms with Gasteiger partial charge in [-0.3, -0.25) is 4.79 Å². The van der Waals surface area contributed by atoms with Gasteiger partial charge in [-0.2, -0.15) is 0 Å². The molecular formula is C15H16O5S. The first kappa shape index (κ1) is 14.3. The topological polar surface area (TPSA) is 73.6 Å². The molecule has 112 valence electrons. The van der Waals surface area contributed by atoms with Crippen molar-refractivity contribution >= 4 is 26.6 Å². The molecule has 0 bridgehead atoms. The van der Waals surface area contributed by atoms with E-state index in [4.69, 9.17) is 9.15 Å². The Morgan fingerprint density at radius 1 is 1.29 bits per heavy atom. The fraction of sp³-hybridized carbons (Fsp3) is 0.400. The number of hydrogen-bond donors (Lipinski definition) is 0. The normalized spacial score (nSPS) is 19.1. The van der Waals surface area contributed by atoms with Gasteiger partial charge >= 0.3 is 0 Å². The highest BCUT2D eigenvalue weighted by molar-refractivity contribution is 7.92. The summed E-state index contributed by atoms with van der Waals surface area (Å²) in [5.41, 5.74) is 0.902. The summed E-state index contributed by atoms with van der Waals surface area (Å²) in [4.78, 5) is 12.2. The van der Waals surface area contributed by atoms with Crippen LogP contribution >= 0.6 is 0 Å². The van der Waals surface area contributed by atoms with Gasteiger partial charge in [-0.1, -0.05) is 18.2 Å². The molecule has 21 heavy (non-hydrogen) atoms. The molecule has 3 rings (SSSR count). The van der Waals surface area contributed by atoms with Gasteiger partial charge in [-0.05, 0) is 18.9 Å². The quantitative estimate of drug-likeness (QED) is 0.792. The van der Waals surface area contributed by atoms with Crippen LogP contribution in [0.15, 0.2) is 34.9 Å². The van der Waals surface area contributed by atoms with Crippen molar-refractivity contribution in [2.75, 3.05) is 18.1 Å². The average Bonchev–Trinajstić information content (AvgIpc) is 3.06. The molecule has 1 aliphatic heterocycles. The summed E-state index contributed by atoms with van der Waals surface area (Å²) < 4.78 is 34.8. The number of rotatable bonds is 5. The number of hydrogen-bond acceptors (Lipinski definition) is 5. The highest BCUT2D eigenvalue weighted by Crippen LogP contribution is 2.22. The lowest BCUT2D eigenvalue weighted by Gasteiger charge is -2.09. The Balaban J connectivity index is 1.76. The Labute approximate surface area is 122 Å². The third-order valence-corrected chi connectivity index (χ3v) is 5.18. The lowest BCUT2D eigenvalue weighted by molar-refractivity contribution is 0.102. The van der Waals surface area contributed by atoms with Crippen molar-refractivity contribution in [3.63, 3.8) is 0 Å². The van der Waals surface area contributed by atoms with E-state index in [-0.39, 0.29) is 11.9 Å². The highest BCUT2D eigenvalue weighted by Gasteiger charge is 2.27. The van der Waals surface area contributed by atoms with Gasteiger partial charge in [0.05, 0.1) is 17.4 Å². The van der Waals surface area contributed by atoms with Crippen molar-refractivity contribution in [3.05, 3.63) is 36.1 Å². The van der Waals surface area contributed by atoms with Gasteiger partial charge in [0.15, 0.2) is 15.6 Å². The monoisotopic (exact) mass is 308 g/mol. The maximum absolute atomic E-state index is 12.2. The summed E-state index contributed by atoms with van der Waals surface area (Å²) >= 11 is 0. The molecule has 1 aromatic heterocycles. The van der Waals surface area contributed by atoms with Gasteiger partial charge in [0, 0.05) is 12.0 Å². The number of carbonyl (C=O) groups is 1. The first-order valence-corrected chi connectivity index (χ1v) is 8.69. The number of ketones is 1. The van der Waals surface area contributed by atoms with Crippen molar-refractivity contribution < 1.29 is 22.4 Å². The number of ether oxygens (including phenoxy) is 1. The minimum atomic E-state index is -3.48. The van der Waals surface area contributed by atoms with Gasteiger partial charge in [0.25, 0.3) is 0 Å². The summed E-state index contributed by atoms with van der Waals surface area (Å²) in [7, 11) is -3.48. The van der Waals surface area contributed by atoms with E-state index in [1.54, 1.807) is 24.3 Å². The summed E-state index contributed by atoms with van der Waals surface area (Å²) in [6.45, 7) is 0.598. The molecule has 0 spiro atoms. The zero-order valence-corrected chi connectivity index (χ0v) is 12.3. The second-order valence-electron chi connectivity index (χ2n) is 5.26. The number of sulfone groups is 1. The molecule has 0 saturated carbocycles. The number of benzene rings is 1. The maximum atomic E-state index is 12.2. The predicted octanol–water partition coefficient (Wildman–Crippen LogP) is 2.21. The van der Waals surface area contributed by atoms with Crippen LogP contribution in [0.25, 0.3) is 11.0 Å². The molecule has 1 aliphatic rings. The van der Waals surface area contributed by atoms with Gasteiger partial charge in [-0.15, -0.1) is 0 Å². The van der Waals surface area contributed by atoms with Crippen LogP contribution < -0.4 is 0 Å². The minimum Gasteiger partial charge on any atom is -0.464 e. The molecule has 0 amide bonds. The summed E-state index contributed by atoms with van der Waals surface area (Å²) in [5.74, 6) is -1.02. The summed E-state index contributed by atoms with van der Waals surface area (Å²) in [5, 5.41) is 0.648. The maximum Gasteiger partial charge on any atom is 0.181 e. The Morgan fingerprint density at radius 2 is 2.10 bits per heavy atom. The third-order valence-electron chi connectivity index (χ3n) is 3.60. The average molecular weight is 308 g/mol. The van der Waals surface area contributed by atoms with E-state index < -0.39 is 21.4 Å². The number of fused-ring (bicyclic) bond motifs is 1. The lowest BCUT2D eigenvalue weighted by atomic mass is 10.1. The highest BCUT2D eigenvalue weighted by atomic mass is 32.2. The van der Waals surface area contributed by atoms with Crippen LogP contribution in [0.2, 0.25) is 0 Å². The standard InChI is InChI=1S/C15H16O5S/c16-14(10-21(17,18)9-11-4-3-7-19-11)13-8-20-15-6-2-1-5-12(13)15/h1-2,5-6,8,11H,3-4,7,9-10H2. The molecule has 0 aliphatic carbocycles. The lowest BCUT2D eigenvalue weighted by Crippen LogP contribution is -2.26. The molecule has 2 heterocycles. The van der Waals surface area contributed by atoms with Gasteiger partial charge in [-0.25, -0.2) is 8.42 Å². The third kappa shape index (κ3) is 3.16. The number of furan rings is 1. The van der Waals surface area contributed by atoms with Crippen LogP contribution in [0, 0.1) is 0 Å². The zero-order chi connectivity index (χ0) is 14.9.